The summed E-state index contributed by atoms with van der Waals surface area (Å²) in [6, 6.07) is 77.1. The highest BCUT2D eigenvalue weighted by atomic mass is 15.1. The van der Waals surface area contributed by atoms with E-state index < -0.39 is 0 Å². The molecule has 0 saturated carbocycles. The zero-order valence-electron chi connectivity index (χ0n) is 34.4. The molecule has 0 aliphatic carbocycles. The average Bonchev–Trinajstić information content (AvgIpc) is 4.07. The molecule has 0 spiro atoms. The van der Waals surface area contributed by atoms with E-state index >= 15 is 0 Å². The van der Waals surface area contributed by atoms with Gasteiger partial charge in [0, 0.05) is 61.4 Å². The maximum absolute atomic E-state index is 2.52. The minimum absolute atomic E-state index is 0.673. The lowest BCUT2D eigenvalue weighted by atomic mass is 10.1. The first-order valence-corrected chi connectivity index (χ1v) is 21.7. The Morgan fingerprint density at radius 2 is 0.714 bits per heavy atom. The first kappa shape index (κ1) is 35.4. The molecule has 0 atom stereocenters. The number of rotatable bonds is 7. The first-order chi connectivity index (χ1) is 31.3. The second kappa shape index (κ2) is 14.1. The van der Waals surface area contributed by atoms with Gasteiger partial charge in [-0.1, -0.05) is 170 Å². The average molecular weight is 805 g/mol. The molecule has 0 unspecified atom stereocenters. The predicted molar refractivity (Wildman–Crippen MR) is 267 cm³/mol. The Labute approximate surface area is 363 Å². The van der Waals surface area contributed by atoms with Gasteiger partial charge in [-0.3, -0.25) is 0 Å². The highest BCUT2D eigenvalue weighted by Gasteiger charge is 2.20. The lowest BCUT2D eigenvalue weighted by Gasteiger charge is -2.14. The summed E-state index contributed by atoms with van der Waals surface area (Å²) in [6.07, 6.45) is 7.00. The standard InChI is InChI=1S/C59H40N4/c1-2-18-40(19-3-1)41(36-38-60-50-28-10-4-24-46(50)48-26-16-34-56(58(48)60)62-52-30-12-6-20-42(52)43-21-7-13-31-53(43)62)37-39-61-51-29-11-5-25-47(51)49-27-17-35-57(59(49)61)63-54-32-14-8-22-44(54)45-23-9-15-33-55(45)63/h1-38H,39H2/b38-36+,41-37+. The van der Waals surface area contributed by atoms with Gasteiger partial charge in [0.1, 0.15) is 0 Å². The smallest absolute Gasteiger partial charge is 0.0777 e. The van der Waals surface area contributed by atoms with Crippen LogP contribution in [0.25, 0.3) is 110 Å². The third-order valence-electron chi connectivity index (χ3n) is 13.1. The molecule has 0 fully saturated rings. The monoisotopic (exact) mass is 804 g/mol. The summed E-state index contributed by atoms with van der Waals surface area (Å²) in [5.74, 6) is 0. The van der Waals surface area contributed by atoms with Crippen molar-refractivity contribution in [1.82, 2.24) is 18.3 Å². The number of aromatic nitrogens is 4. The van der Waals surface area contributed by atoms with Crippen LogP contribution in [0.3, 0.4) is 0 Å². The lowest BCUT2D eigenvalue weighted by molar-refractivity contribution is 0.896. The molecule has 4 aromatic heterocycles. The molecule has 4 heterocycles. The maximum atomic E-state index is 2.52. The fourth-order valence-electron chi connectivity index (χ4n) is 10.5. The third-order valence-corrected chi connectivity index (χ3v) is 13.1. The van der Waals surface area contributed by atoms with Crippen LogP contribution in [0.4, 0.5) is 0 Å². The molecule has 0 amide bonds. The summed E-state index contributed by atoms with van der Waals surface area (Å²) in [6.45, 7) is 0.673. The van der Waals surface area contributed by atoms with Crippen LogP contribution in [-0.2, 0) is 6.54 Å². The Kier molecular flexibility index (Phi) is 7.94. The quantitative estimate of drug-likeness (QED) is 0.143. The van der Waals surface area contributed by atoms with E-state index in [0.717, 1.165) is 11.3 Å². The summed E-state index contributed by atoms with van der Waals surface area (Å²) >= 11 is 0. The summed E-state index contributed by atoms with van der Waals surface area (Å²) < 4.78 is 9.82. The Morgan fingerprint density at radius 1 is 0.333 bits per heavy atom. The number of hydrogen-bond donors (Lipinski definition) is 0. The second-order valence-electron chi connectivity index (χ2n) is 16.4. The van der Waals surface area contributed by atoms with Crippen LogP contribution in [0.15, 0.2) is 224 Å². The van der Waals surface area contributed by atoms with Gasteiger partial charge in [-0.25, -0.2) is 0 Å². The van der Waals surface area contributed by atoms with E-state index in [-0.39, 0.29) is 0 Å². The van der Waals surface area contributed by atoms with Crippen LogP contribution in [0.2, 0.25) is 0 Å². The molecule has 0 saturated heterocycles. The molecule has 0 bridgehead atoms. The van der Waals surface area contributed by atoms with Crippen molar-refractivity contribution in [3.05, 3.63) is 230 Å². The van der Waals surface area contributed by atoms with Crippen molar-refractivity contribution < 1.29 is 0 Å². The van der Waals surface area contributed by atoms with E-state index in [4.69, 9.17) is 0 Å². The van der Waals surface area contributed by atoms with Gasteiger partial charge in [0.05, 0.1) is 50.0 Å². The van der Waals surface area contributed by atoms with Crippen molar-refractivity contribution in [3.8, 4) is 11.4 Å². The number of benzene rings is 9. The number of hydrogen-bond acceptors (Lipinski definition) is 0. The Morgan fingerprint density at radius 3 is 1.24 bits per heavy atom. The SMILES string of the molecule is C(=C\n1c2ccccc2c2cccc(-n3c4ccccc4c4ccccc43)c21)/C(=C\Cn1c2ccccc2c2cccc(-n3c4ccccc4c4ccccc43)c21)c1ccccc1. The fourth-order valence-corrected chi connectivity index (χ4v) is 10.5. The molecule has 13 rings (SSSR count). The van der Waals surface area contributed by atoms with Crippen LogP contribution in [0.5, 0.6) is 0 Å². The van der Waals surface area contributed by atoms with E-state index in [1.165, 1.54) is 98.5 Å². The fraction of sp³-hybridized carbons (Fsp3) is 0.0169. The number of nitrogens with zero attached hydrogens (tertiary/aromatic N) is 4. The number of fused-ring (bicyclic) bond motifs is 12. The number of para-hydroxylation sites is 8. The van der Waals surface area contributed by atoms with Gasteiger partial charge in [0.2, 0.25) is 0 Å². The Bertz CT molecular complexity index is 3890. The molecule has 0 N–H and O–H groups in total. The summed E-state index contributed by atoms with van der Waals surface area (Å²) in [4.78, 5) is 0. The third kappa shape index (κ3) is 5.35. The highest BCUT2D eigenvalue weighted by Crippen LogP contribution is 2.40. The minimum Gasteiger partial charge on any atom is -0.335 e. The van der Waals surface area contributed by atoms with Crippen LogP contribution < -0.4 is 0 Å². The molecule has 0 aliphatic heterocycles. The molecule has 0 radical (unpaired) electrons. The van der Waals surface area contributed by atoms with Crippen LogP contribution in [-0.4, -0.2) is 18.3 Å². The molecule has 4 nitrogen and oxygen atoms in total. The zero-order valence-corrected chi connectivity index (χ0v) is 34.4. The van der Waals surface area contributed by atoms with E-state index in [1.807, 2.05) is 0 Å². The minimum atomic E-state index is 0.673. The van der Waals surface area contributed by atoms with Gasteiger partial charge in [-0.2, -0.15) is 0 Å². The lowest BCUT2D eigenvalue weighted by Crippen LogP contribution is -2.02. The van der Waals surface area contributed by atoms with Crippen molar-refractivity contribution in [2.75, 3.05) is 0 Å². The topological polar surface area (TPSA) is 19.7 Å². The van der Waals surface area contributed by atoms with E-state index in [0.29, 0.717) is 6.54 Å². The Balaban J connectivity index is 1.03. The largest absolute Gasteiger partial charge is 0.335 e. The molecular formula is C59H40N4. The first-order valence-electron chi connectivity index (χ1n) is 21.7. The molecule has 0 aliphatic rings. The van der Waals surface area contributed by atoms with Crippen LogP contribution >= 0.6 is 0 Å². The van der Waals surface area contributed by atoms with Gasteiger partial charge in [0.15, 0.2) is 0 Å². The van der Waals surface area contributed by atoms with Gasteiger partial charge in [0.25, 0.3) is 0 Å². The molecule has 296 valence electrons. The van der Waals surface area contributed by atoms with Gasteiger partial charge in [-0.05, 0) is 65.7 Å². The molecule has 63 heavy (non-hydrogen) atoms. The number of allylic oxidation sites excluding steroid dienone is 3. The van der Waals surface area contributed by atoms with Crippen LogP contribution in [0.1, 0.15) is 5.56 Å². The summed E-state index contributed by atoms with van der Waals surface area (Å²) in [5.41, 5.74) is 14.2. The van der Waals surface area contributed by atoms with E-state index in [9.17, 15) is 0 Å². The summed E-state index contributed by atoms with van der Waals surface area (Å²) in [7, 11) is 0. The highest BCUT2D eigenvalue weighted by molar-refractivity contribution is 6.16. The van der Waals surface area contributed by atoms with Gasteiger partial charge < -0.3 is 18.3 Å². The molecule has 9 aromatic carbocycles. The molecular weight excluding hydrogens is 765 g/mol. The van der Waals surface area contributed by atoms with Gasteiger partial charge in [-0.15, -0.1) is 0 Å². The van der Waals surface area contributed by atoms with Crippen molar-refractivity contribution in [2.45, 2.75) is 6.54 Å². The predicted octanol–water partition coefficient (Wildman–Crippen LogP) is 15.4. The van der Waals surface area contributed by atoms with E-state index in [2.05, 4.69) is 249 Å². The van der Waals surface area contributed by atoms with Crippen molar-refractivity contribution in [3.63, 3.8) is 0 Å². The van der Waals surface area contributed by atoms with Gasteiger partial charge >= 0.3 is 0 Å². The van der Waals surface area contributed by atoms with Crippen molar-refractivity contribution >= 4 is 99.0 Å². The van der Waals surface area contributed by atoms with Crippen LogP contribution in [0, 0.1) is 0 Å². The zero-order chi connectivity index (χ0) is 41.4. The normalized spacial score (nSPS) is 12.5. The van der Waals surface area contributed by atoms with Crippen molar-refractivity contribution in [1.29, 1.82) is 0 Å². The molecule has 13 aromatic rings. The van der Waals surface area contributed by atoms with Crippen molar-refractivity contribution in [2.24, 2.45) is 0 Å². The summed E-state index contributed by atoms with van der Waals surface area (Å²) in [5, 5.41) is 9.98. The molecule has 4 heteroatoms. The second-order valence-corrected chi connectivity index (χ2v) is 16.4. The van der Waals surface area contributed by atoms with E-state index in [1.54, 1.807) is 0 Å². The maximum Gasteiger partial charge on any atom is 0.0777 e. The Hall–Kier alpha value is -8.34.